The molecule has 0 saturated heterocycles. The minimum absolute atomic E-state index is 0.00339. The quantitative estimate of drug-likeness (QED) is 0.757. The van der Waals surface area contributed by atoms with Crippen molar-refractivity contribution >= 4 is 11.7 Å². The van der Waals surface area contributed by atoms with E-state index < -0.39 is 12.6 Å². The Labute approximate surface area is 136 Å². The van der Waals surface area contributed by atoms with Crippen molar-refractivity contribution in [2.75, 3.05) is 18.5 Å². The van der Waals surface area contributed by atoms with Crippen LogP contribution in [-0.4, -0.2) is 25.8 Å². The first-order valence-corrected chi connectivity index (χ1v) is 7.01. The lowest BCUT2D eigenvalue weighted by molar-refractivity contribution is -0.0498. The molecule has 0 aliphatic rings. The Kier molecular flexibility index (Phi) is 6.30. The highest BCUT2D eigenvalue weighted by Gasteiger charge is 2.05. The Balaban J connectivity index is 1.68. The Hall–Kier alpha value is -2.90. The van der Waals surface area contributed by atoms with Crippen molar-refractivity contribution in [3.05, 3.63) is 54.3 Å². The molecule has 0 aromatic heterocycles. The first-order chi connectivity index (χ1) is 11.5. The topological polar surface area (TPSA) is 59.6 Å². The summed E-state index contributed by atoms with van der Waals surface area (Å²) >= 11 is 0. The number of carbonyl (C=O) groups excluding carboxylic acids is 1. The molecule has 0 unspecified atom stereocenters. The summed E-state index contributed by atoms with van der Waals surface area (Å²) in [7, 11) is 0. The minimum Gasteiger partial charge on any atom is -0.492 e. The molecule has 0 saturated carbocycles. The molecule has 2 amide bonds. The van der Waals surface area contributed by atoms with Gasteiger partial charge in [0.15, 0.2) is 0 Å². The summed E-state index contributed by atoms with van der Waals surface area (Å²) in [6.45, 7) is -2.45. The lowest BCUT2D eigenvalue weighted by Gasteiger charge is -2.10. The molecule has 5 nitrogen and oxygen atoms in total. The van der Waals surface area contributed by atoms with Crippen molar-refractivity contribution in [3.63, 3.8) is 0 Å². The van der Waals surface area contributed by atoms with Gasteiger partial charge in [0.2, 0.25) is 0 Å². The van der Waals surface area contributed by atoms with Crippen LogP contribution in [0, 0.1) is 5.82 Å². The number of anilines is 1. The molecule has 24 heavy (non-hydrogen) atoms. The van der Waals surface area contributed by atoms with Crippen molar-refractivity contribution in [2.24, 2.45) is 0 Å². The van der Waals surface area contributed by atoms with Gasteiger partial charge in [-0.05, 0) is 48.5 Å². The average Bonchev–Trinajstić information content (AvgIpc) is 2.55. The fourth-order valence-corrected chi connectivity index (χ4v) is 1.76. The number of rotatable bonds is 7. The van der Waals surface area contributed by atoms with Crippen molar-refractivity contribution in [2.45, 2.75) is 6.61 Å². The van der Waals surface area contributed by atoms with Crippen LogP contribution in [-0.2, 0) is 0 Å². The van der Waals surface area contributed by atoms with Crippen LogP contribution in [0.25, 0.3) is 0 Å². The van der Waals surface area contributed by atoms with E-state index >= 15 is 0 Å². The number of amides is 2. The fourth-order valence-electron chi connectivity index (χ4n) is 1.76. The van der Waals surface area contributed by atoms with Gasteiger partial charge in [0.25, 0.3) is 0 Å². The summed E-state index contributed by atoms with van der Waals surface area (Å²) in [6.07, 6.45) is 0. The van der Waals surface area contributed by atoms with E-state index in [4.69, 9.17) is 4.74 Å². The Bertz CT molecular complexity index is 649. The Morgan fingerprint density at radius 2 is 1.62 bits per heavy atom. The molecule has 0 radical (unpaired) electrons. The Morgan fingerprint density at radius 1 is 1.00 bits per heavy atom. The molecule has 8 heteroatoms. The van der Waals surface area contributed by atoms with Gasteiger partial charge in [0.05, 0.1) is 6.54 Å². The zero-order valence-corrected chi connectivity index (χ0v) is 12.5. The standard InChI is InChI=1S/C16H15F3N2O3/c17-11-1-5-13(6-2-11)23-10-9-20-16(22)21-12-3-7-14(8-4-12)24-15(18)19/h1-8,15H,9-10H2,(H2,20,21,22). The number of hydrogen-bond donors (Lipinski definition) is 2. The predicted molar refractivity (Wildman–Crippen MR) is 82.0 cm³/mol. The number of ether oxygens (including phenoxy) is 2. The summed E-state index contributed by atoms with van der Waals surface area (Å²) in [4.78, 5) is 11.7. The van der Waals surface area contributed by atoms with Crippen LogP contribution in [0.3, 0.4) is 0 Å². The second-order valence-corrected chi connectivity index (χ2v) is 4.59. The molecule has 2 aromatic rings. The largest absolute Gasteiger partial charge is 0.492 e. The number of urea groups is 1. The van der Waals surface area contributed by atoms with Crippen molar-refractivity contribution in [1.29, 1.82) is 0 Å². The maximum Gasteiger partial charge on any atom is 0.387 e. The molecule has 0 aliphatic heterocycles. The van der Waals surface area contributed by atoms with Crippen molar-refractivity contribution in [1.82, 2.24) is 5.32 Å². The molecule has 0 bridgehead atoms. The third-order valence-corrected chi connectivity index (χ3v) is 2.81. The van der Waals surface area contributed by atoms with Gasteiger partial charge in [-0.2, -0.15) is 8.78 Å². The summed E-state index contributed by atoms with van der Waals surface area (Å²) < 4.78 is 46.3. The van der Waals surface area contributed by atoms with E-state index in [1.165, 1.54) is 48.5 Å². The molecular weight excluding hydrogens is 325 g/mol. The zero-order valence-electron chi connectivity index (χ0n) is 12.5. The van der Waals surface area contributed by atoms with Crippen LogP contribution < -0.4 is 20.1 Å². The van der Waals surface area contributed by atoms with Gasteiger partial charge in [0.1, 0.15) is 23.9 Å². The summed E-state index contributed by atoms with van der Waals surface area (Å²) in [5.41, 5.74) is 0.425. The molecule has 0 spiro atoms. The van der Waals surface area contributed by atoms with Crippen LogP contribution in [0.2, 0.25) is 0 Å². The molecule has 0 fully saturated rings. The monoisotopic (exact) mass is 340 g/mol. The van der Waals surface area contributed by atoms with Gasteiger partial charge in [-0.15, -0.1) is 0 Å². The van der Waals surface area contributed by atoms with Crippen LogP contribution in [0.4, 0.5) is 23.7 Å². The van der Waals surface area contributed by atoms with E-state index in [1.807, 2.05) is 0 Å². The first-order valence-electron chi connectivity index (χ1n) is 7.01. The SMILES string of the molecule is O=C(NCCOc1ccc(F)cc1)Nc1ccc(OC(F)F)cc1. The number of nitrogens with one attached hydrogen (secondary N) is 2. The maximum absolute atomic E-state index is 12.7. The van der Waals surface area contributed by atoms with Crippen LogP contribution in [0.1, 0.15) is 0 Å². The Morgan fingerprint density at radius 3 is 2.25 bits per heavy atom. The molecule has 0 heterocycles. The molecule has 128 valence electrons. The van der Waals surface area contributed by atoms with Crippen LogP contribution >= 0.6 is 0 Å². The van der Waals surface area contributed by atoms with Gasteiger partial charge in [-0.1, -0.05) is 0 Å². The van der Waals surface area contributed by atoms with Crippen LogP contribution in [0.15, 0.2) is 48.5 Å². The third-order valence-electron chi connectivity index (χ3n) is 2.81. The van der Waals surface area contributed by atoms with E-state index in [2.05, 4.69) is 15.4 Å². The van der Waals surface area contributed by atoms with Crippen molar-refractivity contribution < 1.29 is 27.4 Å². The normalized spacial score (nSPS) is 10.3. The lowest BCUT2D eigenvalue weighted by atomic mass is 10.3. The second kappa shape index (κ2) is 8.66. The molecular formula is C16H15F3N2O3. The smallest absolute Gasteiger partial charge is 0.387 e. The highest BCUT2D eigenvalue weighted by atomic mass is 19.3. The van der Waals surface area contributed by atoms with E-state index in [9.17, 15) is 18.0 Å². The predicted octanol–water partition coefficient (Wildman–Crippen LogP) is 3.63. The fraction of sp³-hybridized carbons (Fsp3) is 0.188. The summed E-state index contributed by atoms with van der Waals surface area (Å²) in [5, 5.41) is 5.09. The second-order valence-electron chi connectivity index (χ2n) is 4.59. The lowest BCUT2D eigenvalue weighted by Crippen LogP contribution is -2.32. The van der Waals surface area contributed by atoms with Gasteiger partial charge in [0, 0.05) is 5.69 Å². The zero-order chi connectivity index (χ0) is 17.4. The highest BCUT2D eigenvalue weighted by Crippen LogP contribution is 2.17. The van der Waals surface area contributed by atoms with Gasteiger partial charge in [-0.3, -0.25) is 0 Å². The third kappa shape index (κ3) is 6.07. The van der Waals surface area contributed by atoms with Gasteiger partial charge < -0.3 is 20.1 Å². The number of hydrogen-bond acceptors (Lipinski definition) is 3. The first kappa shape index (κ1) is 17.5. The van der Waals surface area contributed by atoms with E-state index in [0.29, 0.717) is 11.4 Å². The number of alkyl halides is 2. The molecule has 0 aliphatic carbocycles. The highest BCUT2D eigenvalue weighted by molar-refractivity contribution is 5.89. The minimum atomic E-state index is -2.90. The number of carbonyl (C=O) groups is 1. The van der Waals surface area contributed by atoms with Gasteiger partial charge in [-0.25, -0.2) is 9.18 Å². The van der Waals surface area contributed by atoms with E-state index in [-0.39, 0.29) is 24.7 Å². The number of benzene rings is 2. The summed E-state index contributed by atoms with van der Waals surface area (Å²) in [6, 6.07) is 10.6. The summed E-state index contributed by atoms with van der Waals surface area (Å²) in [5.74, 6) is 0.140. The molecule has 2 aromatic carbocycles. The maximum atomic E-state index is 12.7. The van der Waals surface area contributed by atoms with Crippen molar-refractivity contribution in [3.8, 4) is 11.5 Å². The number of halogens is 3. The van der Waals surface area contributed by atoms with E-state index in [1.54, 1.807) is 0 Å². The molecule has 0 atom stereocenters. The van der Waals surface area contributed by atoms with E-state index in [0.717, 1.165) is 0 Å². The van der Waals surface area contributed by atoms with Crippen LogP contribution in [0.5, 0.6) is 11.5 Å². The molecule has 2 N–H and O–H groups in total. The van der Waals surface area contributed by atoms with Gasteiger partial charge >= 0.3 is 12.6 Å². The molecule has 2 rings (SSSR count). The average molecular weight is 340 g/mol.